The molecule has 0 saturated carbocycles. The third-order valence-electron chi connectivity index (χ3n) is 4.69. The molecule has 3 aromatic heterocycles. The molecular weight excluding hydrogens is 372 g/mol. The van der Waals surface area contributed by atoms with Crippen molar-refractivity contribution in [2.24, 2.45) is 0 Å². The van der Waals surface area contributed by atoms with Crippen LogP contribution in [0, 0.1) is 0 Å². The van der Waals surface area contributed by atoms with E-state index in [2.05, 4.69) is 25.4 Å². The molecule has 0 spiro atoms. The van der Waals surface area contributed by atoms with Gasteiger partial charge in [0.25, 0.3) is 11.8 Å². The lowest BCUT2D eigenvalue weighted by atomic mass is 9.96. The van der Waals surface area contributed by atoms with Gasteiger partial charge in [-0.05, 0) is 25.0 Å². The van der Waals surface area contributed by atoms with Crippen LogP contribution in [0.15, 0.2) is 35.4 Å². The van der Waals surface area contributed by atoms with Gasteiger partial charge in [0.2, 0.25) is 0 Å². The molecule has 29 heavy (non-hydrogen) atoms. The topological polar surface area (TPSA) is 108 Å². The third kappa shape index (κ3) is 4.34. The first-order valence-electron chi connectivity index (χ1n) is 9.65. The fourth-order valence-electron chi connectivity index (χ4n) is 2.98. The molecule has 0 radical (unpaired) electrons. The molecule has 0 aromatic carbocycles. The molecule has 1 amide bonds. The quantitative estimate of drug-likeness (QED) is 0.706. The highest BCUT2D eigenvalue weighted by Gasteiger charge is 2.22. The van der Waals surface area contributed by atoms with Crippen LogP contribution in [-0.4, -0.2) is 49.8 Å². The summed E-state index contributed by atoms with van der Waals surface area (Å²) in [5, 5.41) is 6.89. The van der Waals surface area contributed by atoms with Crippen molar-refractivity contribution in [3.05, 3.63) is 42.4 Å². The van der Waals surface area contributed by atoms with Gasteiger partial charge in [0, 0.05) is 31.0 Å². The second-order valence-electron chi connectivity index (χ2n) is 8.09. The number of carbonyl (C=O) groups excluding carboxylic acids is 1. The first-order valence-corrected chi connectivity index (χ1v) is 9.65. The summed E-state index contributed by atoms with van der Waals surface area (Å²) in [4.78, 5) is 25.3. The Bertz CT molecular complexity index is 980. The Kier molecular flexibility index (Phi) is 5.14. The second-order valence-corrected chi connectivity index (χ2v) is 8.09. The Morgan fingerprint density at radius 3 is 2.83 bits per heavy atom. The minimum atomic E-state index is -0.226. The number of aromatic nitrogens is 5. The molecular formula is C20H24N6O3. The van der Waals surface area contributed by atoms with Crippen molar-refractivity contribution in [2.75, 3.05) is 13.2 Å². The van der Waals surface area contributed by atoms with Crippen LogP contribution >= 0.6 is 0 Å². The van der Waals surface area contributed by atoms with Crippen LogP contribution in [0.25, 0.3) is 17.3 Å². The predicted molar refractivity (Wildman–Crippen MR) is 105 cm³/mol. The van der Waals surface area contributed by atoms with Crippen molar-refractivity contribution in [3.8, 4) is 17.3 Å². The van der Waals surface area contributed by atoms with Crippen LogP contribution < -0.4 is 5.32 Å². The van der Waals surface area contributed by atoms with Crippen LogP contribution in [0.1, 0.15) is 49.9 Å². The predicted octanol–water partition coefficient (Wildman–Crippen LogP) is 2.52. The van der Waals surface area contributed by atoms with Gasteiger partial charge in [-0.15, -0.1) is 0 Å². The molecule has 4 rings (SSSR count). The van der Waals surface area contributed by atoms with Gasteiger partial charge in [-0.3, -0.25) is 9.36 Å². The van der Waals surface area contributed by atoms with Gasteiger partial charge in [-0.2, -0.15) is 4.98 Å². The number of hydrogen-bond acceptors (Lipinski definition) is 7. The van der Waals surface area contributed by atoms with Crippen LogP contribution in [-0.2, 0) is 10.2 Å². The molecule has 1 unspecified atom stereocenters. The lowest BCUT2D eigenvalue weighted by molar-refractivity contribution is 0.0854. The van der Waals surface area contributed by atoms with Crippen molar-refractivity contribution >= 4 is 5.91 Å². The number of nitrogens with one attached hydrogen (secondary N) is 1. The number of imidazole rings is 1. The van der Waals surface area contributed by atoms with E-state index in [4.69, 9.17) is 9.26 Å². The summed E-state index contributed by atoms with van der Waals surface area (Å²) < 4.78 is 12.6. The van der Waals surface area contributed by atoms with Crippen molar-refractivity contribution < 1.29 is 14.1 Å². The number of carbonyl (C=O) groups is 1. The summed E-state index contributed by atoms with van der Waals surface area (Å²) in [6, 6.07) is 3.66. The summed E-state index contributed by atoms with van der Waals surface area (Å²) >= 11 is 0. The first kappa shape index (κ1) is 19.3. The van der Waals surface area contributed by atoms with Crippen LogP contribution in [0.4, 0.5) is 0 Å². The van der Waals surface area contributed by atoms with E-state index < -0.39 is 0 Å². The molecule has 1 N–H and O–H groups in total. The lowest BCUT2D eigenvalue weighted by Gasteiger charge is -2.10. The summed E-state index contributed by atoms with van der Waals surface area (Å²) in [6.07, 6.45) is 6.98. The van der Waals surface area contributed by atoms with Gasteiger partial charge in [-0.25, -0.2) is 9.97 Å². The van der Waals surface area contributed by atoms with Crippen LogP contribution in [0.2, 0.25) is 0 Å². The number of pyridine rings is 1. The Hall–Kier alpha value is -3.07. The van der Waals surface area contributed by atoms with Crippen LogP contribution in [0.5, 0.6) is 0 Å². The second kappa shape index (κ2) is 7.75. The molecule has 4 heterocycles. The molecule has 152 valence electrons. The van der Waals surface area contributed by atoms with E-state index in [0.29, 0.717) is 29.8 Å². The summed E-state index contributed by atoms with van der Waals surface area (Å²) in [5.41, 5.74) is 0.874. The number of rotatable bonds is 5. The average Bonchev–Trinajstić information content (AvgIpc) is 3.47. The minimum absolute atomic E-state index is 0.0961. The third-order valence-corrected chi connectivity index (χ3v) is 4.69. The largest absolute Gasteiger partial charge is 0.376 e. The average molecular weight is 396 g/mol. The van der Waals surface area contributed by atoms with Crippen molar-refractivity contribution in [3.63, 3.8) is 0 Å². The van der Waals surface area contributed by atoms with E-state index in [9.17, 15) is 4.79 Å². The first-order chi connectivity index (χ1) is 13.9. The van der Waals surface area contributed by atoms with Crippen molar-refractivity contribution in [1.82, 2.24) is 30.0 Å². The van der Waals surface area contributed by atoms with Gasteiger partial charge in [-0.1, -0.05) is 25.9 Å². The molecule has 1 saturated heterocycles. The van der Waals surface area contributed by atoms with Crippen molar-refractivity contribution in [2.45, 2.75) is 45.1 Å². The maximum Gasteiger partial charge on any atom is 0.271 e. The normalized spacial score (nSPS) is 16.9. The summed E-state index contributed by atoms with van der Waals surface area (Å²) in [7, 11) is 0. The lowest BCUT2D eigenvalue weighted by Crippen LogP contribution is -2.31. The minimum Gasteiger partial charge on any atom is -0.376 e. The van der Waals surface area contributed by atoms with E-state index in [0.717, 1.165) is 25.0 Å². The Morgan fingerprint density at radius 2 is 2.17 bits per heavy atom. The van der Waals surface area contributed by atoms with Crippen molar-refractivity contribution in [1.29, 1.82) is 0 Å². The zero-order valence-corrected chi connectivity index (χ0v) is 16.8. The maximum absolute atomic E-state index is 12.3. The molecule has 0 bridgehead atoms. The number of hydrogen-bond donors (Lipinski definition) is 1. The van der Waals surface area contributed by atoms with Gasteiger partial charge in [0.15, 0.2) is 5.82 Å². The van der Waals surface area contributed by atoms with Gasteiger partial charge in [0.05, 0.1) is 11.7 Å². The molecule has 0 aliphatic carbocycles. The van der Waals surface area contributed by atoms with Gasteiger partial charge in [0.1, 0.15) is 17.8 Å². The summed E-state index contributed by atoms with van der Waals surface area (Å²) in [6.45, 7) is 7.33. The van der Waals surface area contributed by atoms with Crippen LogP contribution in [0.3, 0.4) is 0 Å². The highest BCUT2D eigenvalue weighted by Crippen LogP contribution is 2.23. The fraction of sp³-hybridized carbons (Fsp3) is 0.450. The zero-order chi connectivity index (χ0) is 20.4. The standard InChI is InChI=1S/C20H24N6O3/c1-20(2,3)19-24-18(29-25-19)13-6-7-16(21-9-13)26-11-15(23-12-26)17(27)22-10-14-5-4-8-28-14/h6-7,9,11-12,14H,4-5,8,10H2,1-3H3,(H,22,27). The highest BCUT2D eigenvalue weighted by molar-refractivity contribution is 5.92. The summed E-state index contributed by atoms with van der Waals surface area (Å²) in [5.74, 6) is 1.48. The number of ether oxygens (including phenoxy) is 1. The number of nitrogens with zero attached hydrogens (tertiary/aromatic N) is 5. The van der Waals surface area contributed by atoms with E-state index in [1.807, 2.05) is 32.9 Å². The molecule has 1 atom stereocenters. The number of amides is 1. The maximum atomic E-state index is 12.3. The molecule has 1 fully saturated rings. The zero-order valence-electron chi connectivity index (χ0n) is 16.8. The van der Waals surface area contributed by atoms with E-state index in [1.54, 1.807) is 23.3 Å². The van der Waals surface area contributed by atoms with Gasteiger partial charge >= 0.3 is 0 Å². The highest BCUT2D eigenvalue weighted by atomic mass is 16.5. The monoisotopic (exact) mass is 396 g/mol. The Labute approximate surface area is 168 Å². The Morgan fingerprint density at radius 1 is 1.31 bits per heavy atom. The SMILES string of the molecule is CC(C)(C)c1noc(-c2ccc(-n3cnc(C(=O)NCC4CCCO4)c3)nc2)n1. The van der Waals surface area contributed by atoms with E-state index in [1.165, 1.54) is 0 Å². The molecule has 1 aliphatic rings. The fourth-order valence-corrected chi connectivity index (χ4v) is 2.98. The molecule has 3 aromatic rings. The molecule has 9 heteroatoms. The smallest absolute Gasteiger partial charge is 0.271 e. The van der Waals surface area contributed by atoms with E-state index >= 15 is 0 Å². The molecule has 9 nitrogen and oxygen atoms in total. The van der Waals surface area contributed by atoms with Gasteiger partial charge < -0.3 is 14.6 Å². The molecule has 1 aliphatic heterocycles. The Balaban J connectivity index is 1.43. The van der Waals surface area contributed by atoms with E-state index in [-0.39, 0.29) is 17.4 Å².